The van der Waals surface area contributed by atoms with E-state index in [4.69, 9.17) is 4.74 Å². The molecule has 0 aromatic heterocycles. The van der Waals surface area contributed by atoms with Crippen molar-refractivity contribution in [2.45, 2.75) is 19.4 Å². The van der Waals surface area contributed by atoms with E-state index in [-0.39, 0.29) is 24.9 Å². The average Bonchev–Trinajstić information content (AvgIpc) is 3.12. The lowest BCUT2D eigenvalue weighted by Gasteiger charge is -2.07. The highest BCUT2D eigenvalue weighted by atomic mass is 79.9. The minimum Gasteiger partial charge on any atom is -0.371 e. The molecule has 0 unspecified atom stereocenters. The molecule has 2 rings (SSSR count). The van der Waals surface area contributed by atoms with E-state index >= 15 is 0 Å². The first-order chi connectivity index (χ1) is 8.65. The van der Waals surface area contributed by atoms with E-state index in [0.717, 1.165) is 0 Å². The van der Waals surface area contributed by atoms with Gasteiger partial charge in [0.05, 0.1) is 6.61 Å². The standard InChI is InChI=1S/C13H15BrFNO2/c14-11-4-3-10(12(15)5-11)6-16-13(17)8-18-7-9-1-2-9/h3-5,9H,1-2,6-8H2,(H,16,17). The predicted molar refractivity (Wildman–Crippen MR) is 69.5 cm³/mol. The van der Waals surface area contributed by atoms with E-state index in [1.165, 1.54) is 18.9 Å². The van der Waals surface area contributed by atoms with E-state index in [2.05, 4.69) is 21.2 Å². The summed E-state index contributed by atoms with van der Waals surface area (Å²) in [7, 11) is 0. The summed E-state index contributed by atoms with van der Waals surface area (Å²) < 4.78 is 19.4. The highest BCUT2D eigenvalue weighted by Crippen LogP contribution is 2.28. The molecule has 0 saturated heterocycles. The highest BCUT2D eigenvalue weighted by Gasteiger charge is 2.21. The smallest absolute Gasteiger partial charge is 0.246 e. The van der Waals surface area contributed by atoms with Crippen LogP contribution in [0.3, 0.4) is 0 Å². The van der Waals surface area contributed by atoms with Gasteiger partial charge in [-0.3, -0.25) is 4.79 Å². The molecule has 18 heavy (non-hydrogen) atoms. The number of hydrogen-bond acceptors (Lipinski definition) is 2. The summed E-state index contributed by atoms with van der Waals surface area (Å²) >= 11 is 3.18. The van der Waals surface area contributed by atoms with Gasteiger partial charge in [-0.2, -0.15) is 0 Å². The number of hydrogen-bond donors (Lipinski definition) is 1. The van der Waals surface area contributed by atoms with Gasteiger partial charge in [-0.25, -0.2) is 4.39 Å². The fraction of sp³-hybridized carbons (Fsp3) is 0.462. The topological polar surface area (TPSA) is 38.3 Å². The molecular formula is C13H15BrFNO2. The molecule has 1 amide bonds. The zero-order valence-corrected chi connectivity index (χ0v) is 11.5. The Labute approximate surface area is 114 Å². The Morgan fingerprint density at radius 3 is 2.94 bits per heavy atom. The van der Waals surface area contributed by atoms with Gasteiger partial charge in [-0.15, -0.1) is 0 Å². The van der Waals surface area contributed by atoms with Crippen LogP contribution in [0.25, 0.3) is 0 Å². The molecule has 1 aliphatic rings. The Morgan fingerprint density at radius 2 is 2.28 bits per heavy atom. The summed E-state index contributed by atoms with van der Waals surface area (Å²) in [5, 5.41) is 2.63. The Hall–Kier alpha value is -0.940. The third-order valence-corrected chi connectivity index (χ3v) is 3.27. The van der Waals surface area contributed by atoms with Crippen LogP contribution in [0.1, 0.15) is 18.4 Å². The Balaban J connectivity index is 1.70. The van der Waals surface area contributed by atoms with Crippen LogP contribution in [0.5, 0.6) is 0 Å². The van der Waals surface area contributed by atoms with Crippen molar-refractivity contribution in [3.05, 3.63) is 34.1 Å². The fourth-order valence-electron chi connectivity index (χ4n) is 1.51. The lowest BCUT2D eigenvalue weighted by Crippen LogP contribution is -2.27. The van der Waals surface area contributed by atoms with Crippen molar-refractivity contribution in [3.8, 4) is 0 Å². The van der Waals surface area contributed by atoms with Crippen LogP contribution in [0.4, 0.5) is 4.39 Å². The molecule has 1 N–H and O–H groups in total. The van der Waals surface area contributed by atoms with E-state index in [1.807, 2.05) is 0 Å². The van der Waals surface area contributed by atoms with Crippen LogP contribution in [0.15, 0.2) is 22.7 Å². The average molecular weight is 316 g/mol. The van der Waals surface area contributed by atoms with Crippen LogP contribution in [-0.2, 0) is 16.1 Å². The van der Waals surface area contributed by atoms with Gasteiger partial charge >= 0.3 is 0 Å². The van der Waals surface area contributed by atoms with Crippen molar-refractivity contribution < 1.29 is 13.9 Å². The van der Waals surface area contributed by atoms with E-state index < -0.39 is 0 Å². The van der Waals surface area contributed by atoms with Crippen molar-refractivity contribution >= 4 is 21.8 Å². The maximum atomic E-state index is 13.5. The second kappa shape index (κ2) is 6.29. The first kappa shape index (κ1) is 13.5. The maximum Gasteiger partial charge on any atom is 0.246 e. The SMILES string of the molecule is O=C(COCC1CC1)NCc1ccc(Br)cc1F. The van der Waals surface area contributed by atoms with Gasteiger partial charge < -0.3 is 10.1 Å². The van der Waals surface area contributed by atoms with Gasteiger partial charge in [-0.1, -0.05) is 22.0 Å². The number of rotatable bonds is 6. The monoisotopic (exact) mass is 315 g/mol. The summed E-state index contributed by atoms with van der Waals surface area (Å²) in [6, 6.07) is 4.77. The third kappa shape index (κ3) is 4.38. The summed E-state index contributed by atoms with van der Waals surface area (Å²) in [5.41, 5.74) is 0.466. The van der Waals surface area contributed by atoms with Crippen molar-refractivity contribution in [2.75, 3.05) is 13.2 Å². The number of amides is 1. The minimum absolute atomic E-state index is 0.0502. The molecule has 1 aliphatic carbocycles. The second-order valence-electron chi connectivity index (χ2n) is 4.47. The molecule has 98 valence electrons. The lowest BCUT2D eigenvalue weighted by atomic mass is 10.2. The van der Waals surface area contributed by atoms with Gasteiger partial charge in [0.15, 0.2) is 0 Å². The molecule has 0 spiro atoms. The number of benzene rings is 1. The van der Waals surface area contributed by atoms with Gasteiger partial charge in [-0.05, 0) is 30.9 Å². The second-order valence-corrected chi connectivity index (χ2v) is 5.39. The third-order valence-electron chi connectivity index (χ3n) is 2.77. The van der Waals surface area contributed by atoms with E-state index in [0.29, 0.717) is 22.6 Å². The largest absolute Gasteiger partial charge is 0.371 e. The predicted octanol–water partition coefficient (Wildman–Crippen LogP) is 2.63. The molecule has 1 saturated carbocycles. The summed E-state index contributed by atoms with van der Waals surface area (Å²) in [4.78, 5) is 11.4. The van der Waals surface area contributed by atoms with Crippen molar-refractivity contribution in [3.63, 3.8) is 0 Å². The van der Waals surface area contributed by atoms with Crippen molar-refractivity contribution in [2.24, 2.45) is 5.92 Å². The Kier molecular flexibility index (Phi) is 4.72. The maximum absolute atomic E-state index is 13.5. The zero-order chi connectivity index (χ0) is 13.0. The molecule has 0 atom stereocenters. The zero-order valence-electron chi connectivity index (χ0n) is 9.92. The number of ether oxygens (including phenoxy) is 1. The van der Waals surface area contributed by atoms with Crippen LogP contribution in [0.2, 0.25) is 0 Å². The minimum atomic E-state index is -0.330. The summed E-state index contributed by atoms with van der Waals surface area (Å²) in [6.07, 6.45) is 2.40. The van der Waals surface area contributed by atoms with Gasteiger partial charge in [0.25, 0.3) is 0 Å². The number of carbonyl (C=O) groups excluding carboxylic acids is 1. The molecule has 0 radical (unpaired) electrons. The number of carbonyl (C=O) groups is 1. The van der Waals surface area contributed by atoms with Crippen LogP contribution in [0, 0.1) is 11.7 Å². The van der Waals surface area contributed by atoms with Crippen molar-refractivity contribution in [1.29, 1.82) is 0 Å². The number of nitrogens with one attached hydrogen (secondary N) is 1. The quantitative estimate of drug-likeness (QED) is 0.876. The van der Waals surface area contributed by atoms with Gasteiger partial charge in [0.1, 0.15) is 12.4 Å². The molecule has 1 fully saturated rings. The molecule has 0 bridgehead atoms. The van der Waals surface area contributed by atoms with Gasteiger partial charge in [0, 0.05) is 16.6 Å². The summed E-state index contributed by atoms with van der Waals surface area (Å²) in [5.74, 6) is 0.100. The van der Waals surface area contributed by atoms with E-state index in [1.54, 1.807) is 12.1 Å². The normalized spacial score (nSPS) is 14.6. The van der Waals surface area contributed by atoms with Crippen LogP contribution in [-0.4, -0.2) is 19.1 Å². The molecule has 5 heteroatoms. The highest BCUT2D eigenvalue weighted by molar-refractivity contribution is 9.10. The Bertz CT molecular complexity index is 435. The molecule has 0 aliphatic heterocycles. The molecular weight excluding hydrogens is 301 g/mol. The van der Waals surface area contributed by atoms with Crippen molar-refractivity contribution in [1.82, 2.24) is 5.32 Å². The summed E-state index contributed by atoms with van der Waals surface area (Å²) in [6.45, 7) is 0.888. The van der Waals surface area contributed by atoms with Crippen LogP contribution >= 0.6 is 15.9 Å². The van der Waals surface area contributed by atoms with Crippen LogP contribution < -0.4 is 5.32 Å². The van der Waals surface area contributed by atoms with E-state index in [9.17, 15) is 9.18 Å². The van der Waals surface area contributed by atoms with Gasteiger partial charge in [0.2, 0.25) is 5.91 Å². The molecule has 0 heterocycles. The molecule has 1 aromatic carbocycles. The first-order valence-electron chi connectivity index (χ1n) is 5.93. The number of halogens is 2. The fourth-order valence-corrected chi connectivity index (χ4v) is 1.85. The molecule has 3 nitrogen and oxygen atoms in total. The Morgan fingerprint density at radius 1 is 1.50 bits per heavy atom. The first-order valence-corrected chi connectivity index (χ1v) is 6.73. The molecule has 1 aromatic rings. The lowest BCUT2D eigenvalue weighted by molar-refractivity contribution is -0.126.